The minimum Gasteiger partial charge on any atom is -0.392 e. The average Bonchev–Trinajstić information content (AvgIpc) is 3.04. The topological polar surface area (TPSA) is 43.0 Å². The van der Waals surface area contributed by atoms with Gasteiger partial charge in [-0.1, -0.05) is 17.7 Å². The first-order valence-electron chi connectivity index (χ1n) is 6.99. The van der Waals surface area contributed by atoms with Gasteiger partial charge in [-0.25, -0.2) is 4.98 Å². The second-order valence-corrected chi connectivity index (χ2v) is 5.92. The third kappa shape index (κ3) is 2.57. The first-order chi connectivity index (χ1) is 10.1. The van der Waals surface area contributed by atoms with Crippen LogP contribution in [-0.4, -0.2) is 19.2 Å². The van der Waals surface area contributed by atoms with Gasteiger partial charge in [-0.3, -0.25) is 0 Å². The number of aliphatic hydroxyl groups is 1. The number of hydrogen-bond acceptors (Lipinski definition) is 2. The van der Waals surface area contributed by atoms with Crippen LogP contribution in [-0.2, 0) is 13.2 Å². The molecule has 1 N–H and O–H groups in total. The van der Waals surface area contributed by atoms with Crippen LogP contribution in [0.4, 0.5) is 0 Å². The molecule has 0 atom stereocenters. The van der Waals surface area contributed by atoms with E-state index in [-0.39, 0.29) is 6.61 Å². The highest BCUT2D eigenvalue weighted by Crippen LogP contribution is 2.26. The maximum absolute atomic E-state index is 9.52. The molecule has 0 amide bonds. The second kappa shape index (κ2) is 5.54. The molecule has 3 rings (SSSR count). The van der Waals surface area contributed by atoms with Gasteiger partial charge in [0, 0.05) is 34.4 Å². The Kier molecular flexibility index (Phi) is 3.74. The van der Waals surface area contributed by atoms with Gasteiger partial charge in [0.25, 0.3) is 0 Å². The van der Waals surface area contributed by atoms with Crippen molar-refractivity contribution < 1.29 is 5.11 Å². The number of halogens is 1. The van der Waals surface area contributed by atoms with Gasteiger partial charge in [-0.05, 0) is 26.0 Å². The second-order valence-electron chi connectivity index (χ2n) is 5.49. The lowest BCUT2D eigenvalue weighted by molar-refractivity contribution is 0.283. The van der Waals surface area contributed by atoms with Gasteiger partial charge in [0.1, 0.15) is 0 Å². The molecule has 0 unspecified atom stereocenters. The van der Waals surface area contributed by atoms with Crippen LogP contribution >= 0.6 is 11.6 Å². The van der Waals surface area contributed by atoms with E-state index in [1.165, 1.54) is 0 Å². The van der Waals surface area contributed by atoms with Crippen molar-refractivity contribution in [2.75, 3.05) is 0 Å². The fourth-order valence-electron chi connectivity index (χ4n) is 2.69. The molecule has 0 saturated carbocycles. The molecule has 21 heavy (non-hydrogen) atoms. The van der Waals surface area contributed by atoms with Gasteiger partial charge in [-0.2, -0.15) is 0 Å². The molecule has 0 aliphatic heterocycles. The standard InChI is InChI=1S/C16H18ClN3O/c1-11(2)20-10-18-6-14(20)8-19-7-12(9-21)15-4-3-13(17)5-16(15)19/h3-7,10-11,21H,8-9H2,1-2H3. The van der Waals surface area contributed by atoms with Crippen LogP contribution in [0.1, 0.15) is 31.1 Å². The normalized spacial score (nSPS) is 11.7. The van der Waals surface area contributed by atoms with Crippen molar-refractivity contribution in [3.8, 4) is 0 Å². The highest BCUT2D eigenvalue weighted by molar-refractivity contribution is 6.31. The van der Waals surface area contributed by atoms with E-state index in [0.717, 1.165) is 22.2 Å². The minimum absolute atomic E-state index is 0.0224. The third-order valence-corrected chi connectivity index (χ3v) is 3.97. The van der Waals surface area contributed by atoms with Crippen molar-refractivity contribution in [1.82, 2.24) is 14.1 Å². The van der Waals surface area contributed by atoms with Crippen molar-refractivity contribution in [2.45, 2.75) is 33.0 Å². The van der Waals surface area contributed by atoms with Crippen LogP contribution in [0.15, 0.2) is 36.9 Å². The lowest BCUT2D eigenvalue weighted by Crippen LogP contribution is -2.08. The van der Waals surface area contributed by atoms with Crippen LogP contribution in [0.3, 0.4) is 0 Å². The van der Waals surface area contributed by atoms with E-state index in [2.05, 4.69) is 28.0 Å². The summed E-state index contributed by atoms with van der Waals surface area (Å²) in [7, 11) is 0. The molecule has 110 valence electrons. The summed E-state index contributed by atoms with van der Waals surface area (Å²) in [6, 6.07) is 6.11. The highest BCUT2D eigenvalue weighted by Gasteiger charge is 2.11. The first kappa shape index (κ1) is 14.2. The van der Waals surface area contributed by atoms with E-state index >= 15 is 0 Å². The van der Waals surface area contributed by atoms with Crippen molar-refractivity contribution in [1.29, 1.82) is 0 Å². The van der Waals surface area contributed by atoms with E-state index in [4.69, 9.17) is 11.6 Å². The number of aromatic nitrogens is 3. The number of rotatable bonds is 4. The molecule has 0 saturated heterocycles. The van der Waals surface area contributed by atoms with Crippen molar-refractivity contribution >= 4 is 22.5 Å². The van der Waals surface area contributed by atoms with E-state index < -0.39 is 0 Å². The van der Waals surface area contributed by atoms with E-state index in [1.807, 2.05) is 36.9 Å². The van der Waals surface area contributed by atoms with E-state index in [1.54, 1.807) is 0 Å². The average molecular weight is 304 g/mol. The quantitative estimate of drug-likeness (QED) is 0.800. The lowest BCUT2D eigenvalue weighted by Gasteiger charge is -2.13. The summed E-state index contributed by atoms with van der Waals surface area (Å²) < 4.78 is 4.26. The predicted molar refractivity (Wildman–Crippen MR) is 84.6 cm³/mol. The Bertz CT molecular complexity index is 773. The van der Waals surface area contributed by atoms with Crippen LogP contribution in [0.25, 0.3) is 10.9 Å². The predicted octanol–water partition coefficient (Wildman–Crippen LogP) is 3.61. The fourth-order valence-corrected chi connectivity index (χ4v) is 2.86. The Balaban J connectivity index is 2.08. The SMILES string of the molecule is CC(C)n1cncc1Cn1cc(CO)c2ccc(Cl)cc21. The Labute approximate surface area is 128 Å². The van der Waals surface area contributed by atoms with Gasteiger partial charge < -0.3 is 14.2 Å². The van der Waals surface area contributed by atoms with Gasteiger partial charge in [0.15, 0.2) is 0 Å². The largest absolute Gasteiger partial charge is 0.392 e. The third-order valence-electron chi connectivity index (χ3n) is 3.73. The molecule has 0 spiro atoms. The molecule has 2 heterocycles. The summed E-state index contributed by atoms with van der Waals surface area (Å²) >= 11 is 6.11. The molecule has 3 aromatic rings. The molecular formula is C16H18ClN3O. The summed E-state index contributed by atoms with van der Waals surface area (Å²) in [5, 5.41) is 11.3. The summed E-state index contributed by atoms with van der Waals surface area (Å²) in [6.45, 7) is 4.99. The fraction of sp³-hybridized carbons (Fsp3) is 0.312. The van der Waals surface area contributed by atoms with Crippen LogP contribution in [0, 0.1) is 0 Å². The maximum Gasteiger partial charge on any atom is 0.0951 e. The summed E-state index contributed by atoms with van der Waals surface area (Å²) in [5.74, 6) is 0. The van der Waals surface area contributed by atoms with Crippen molar-refractivity contribution in [3.05, 3.63) is 53.2 Å². The molecule has 0 radical (unpaired) electrons. The monoisotopic (exact) mass is 303 g/mol. The summed E-state index contributed by atoms with van der Waals surface area (Å²) in [6.07, 6.45) is 5.72. The smallest absolute Gasteiger partial charge is 0.0951 e. The highest BCUT2D eigenvalue weighted by atomic mass is 35.5. The number of benzene rings is 1. The summed E-state index contributed by atoms with van der Waals surface area (Å²) in [4.78, 5) is 4.24. The Morgan fingerprint density at radius 3 is 2.86 bits per heavy atom. The number of aliphatic hydroxyl groups excluding tert-OH is 1. The molecule has 0 bridgehead atoms. The molecule has 4 nitrogen and oxygen atoms in total. The van der Waals surface area contributed by atoms with E-state index in [9.17, 15) is 5.11 Å². The van der Waals surface area contributed by atoms with Gasteiger partial charge >= 0.3 is 0 Å². The Hall–Kier alpha value is -1.78. The van der Waals surface area contributed by atoms with Crippen molar-refractivity contribution in [2.24, 2.45) is 0 Å². The Morgan fingerprint density at radius 2 is 2.14 bits per heavy atom. The van der Waals surface area contributed by atoms with Gasteiger partial charge in [0.2, 0.25) is 0 Å². The summed E-state index contributed by atoms with van der Waals surface area (Å²) in [5.41, 5.74) is 3.08. The van der Waals surface area contributed by atoms with Crippen LogP contribution in [0.2, 0.25) is 5.02 Å². The van der Waals surface area contributed by atoms with Gasteiger partial charge in [0.05, 0.1) is 30.7 Å². The zero-order valence-corrected chi connectivity index (χ0v) is 12.9. The van der Waals surface area contributed by atoms with Crippen molar-refractivity contribution in [3.63, 3.8) is 0 Å². The van der Waals surface area contributed by atoms with Crippen LogP contribution in [0.5, 0.6) is 0 Å². The zero-order valence-electron chi connectivity index (χ0n) is 12.1. The Morgan fingerprint density at radius 1 is 1.33 bits per heavy atom. The zero-order chi connectivity index (χ0) is 15.0. The van der Waals surface area contributed by atoms with Crippen LogP contribution < -0.4 is 0 Å². The molecule has 0 aliphatic rings. The van der Waals surface area contributed by atoms with E-state index in [0.29, 0.717) is 17.6 Å². The lowest BCUT2D eigenvalue weighted by atomic mass is 10.2. The number of imidazole rings is 1. The number of hydrogen-bond donors (Lipinski definition) is 1. The molecule has 2 aromatic heterocycles. The molecule has 5 heteroatoms. The molecule has 0 fully saturated rings. The maximum atomic E-state index is 9.52. The number of nitrogens with zero attached hydrogens (tertiary/aromatic N) is 3. The number of fused-ring (bicyclic) bond motifs is 1. The van der Waals surface area contributed by atoms with Gasteiger partial charge in [-0.15, -0.1) is 0 Å². The first-order valence-corrected chi connectivity index (χ1v) is 7.36. The molecule has 1 aromatic carbocycles. The molecular weight excluding hydrogens is 286 g/mol. The molecule has 0 aliphatic carbocycles. The minimum atomic E-state index is 0.0224.